The molecular formula is C17H20O. The van der Waals surface area contributed by atoms with Crippen molar-refractivity contribution in [2.24, 2.45) is 0 Å². The standard InChI is InChI=1S/C15H14O.C2H6/c1-15(2)10-9-13-12-6-4-3-5-11(12)7-8-14(13)16-15;1-2/h3-10H,1-2H3;1-2H3. The van der Waals surface area contributed by atoms with Crippen molar-refractivity contribution in [3.63, 3.8) is 0 Å². The predicted molar refractivity (Wildman–Crippen MR) is 79.0 cm³/mol. The second-order valence-corrected chi connectivity index (χ2v) is 4.74. The third kappa shape index (κ3) is 2.26. The van der Waals surface area contributed by atoms with Crippen molar-refractivity contribution < 1.29 is 4.74 Å². The third-order valence-electron chi connectivity index (χ3n) is 2.96. The molecule has 0 amide bonds. The molecule has 0 unspecified atom stereocenters. The highest BCUT2D eigenvalue weighted by Crippen LogP contribution is 2.35. The summed E-state index contributed by atoms with van der Waals surface area (Å²) >= 11 is 0. The molecule has 0 N–H and O–H groups in total. The summed E-state index contributed by atoms with van der Waals surface area (Å²) in [6, 6.07) is 12.6. The summed E-state index contributed by atoms with van der Waals surface area (Å²) in [7, 11) is 0. The van der Waals surface area contributed by atoms with Gasteiger partial charge in [-0.15, -0.1) is 0 Å². The first-order valence-electron chi connectivity index (χ1n) is 6.56. The minimum absolute atomic E-state index is 0.199. The highest BCUT2D eigenvalue weighted by atomic mass is 16.5. The Morgan fingerprint density at radius 3 is 2.44 bits per heavy atom. The quantitative estimate of drug-likeness (QED) is 0.626. The van der Waals surface area contributed by atoms with Crippen LogP contribution in [0.5, 0.6) is 5.75 Å². The van der Waals surface area contributed by atoms with Gasteiger partial charge in [0.05, 0.1) is 0 Å². The van der Waals surface area contributed by atoms with E-state index >= 15 is 0 Å². The molecular weight excluding hydrogens is 220 g/mol. The molecule has 1 aliphatic rings. The van der Waals surface area contributed by atoms with Crippen LogP contribution < -0.4 is 4.74 Å². The van der Waals surface area contributed by atoms with Gasteiger partial charge in [-0.1, -0.05) is 50.3 Å². The van der Waals surface area contributed by atoms with Crippen LogP contribution >= 0.6 is 0 Å². The fraction of sp³-hybridized carbons (Fsp3) is 0.294. The zero-order valence-corrected chi connectivity index (χ0v) is 11.5. The highest BCUT2D eigenvalue weighted by molar-refractivity contribution is 5.93. The molecule has 0 radical (unpaired) electrons. The molecule has 1 nitrogen and oxygen atoms in total. The average molecular weight is 240 g/mol. The fourth-order valence-corrected chi connectivity index (χ4v) is 2.14. The maximum Gasteiger partial charge on any atom is 0.128 e. The van der Waals surface area contributed by atoms with Crippen LogP contribution in [0.2, 0.25) is 0 Å². The lowest BCUT2D eigenvalue weighted by Crippen LogP contribution is -2.27. The SMILES string of the molecule is CC.CC1(C)C=Cc2c(ccc3ccccc23)O1. The van der Waals surface area contributed by atoms with Crippen LogP contribution in [0.4, 0.5) is 0 Å². The summed E-state index contributed by atoms with van der Waals surface area (Å²) in [6.45, 7) is 8.14. The number of ether oxygens (including phenoxy) is 1. The molecule has 0 bridgehead atoms. The molecule has 0 spiro atoms. The van der Waals surface area contributed by atoms with E-state index in [0.29, 0.717) is 0 Å². The number of hydrogen-bond donors (Lipinski definition) is 0. The normalized spacial score (nSPS) is 15.3. The van der Waals surface area contributed by atoms with Crippen LogP contribution in [0.15, 0.2) is 42.5 Å². The molecule has 3 rings (SSSR count). The molecule has 94 valence electrons. The van der Waals surface area contributed by atoms with E-state index in [1.54, 1.807) is 0 Å². The third-order valence-corrected chi connectivity index (χ3v) is 2.96. The zero-order chi connectivity index (χ0) is 13.2. The van der Waals surface area contributed by atoms with Gasteiger partial charge in [0.15, 0.2) is 0 Å². The summed E-state index contributed by atoms with van der Waals surface area (Å²) < 4.78 is 5.94. The monoisotopic (exact) mass is 240 g/mol. The maximum atomic E-state index is 5.94. The Hall–Kier alpha value is -1.76. The first-order valence-corrected chi connectivity index (χ1v) is 6.56. The Labute approximate surface area is 109 Å². The summed E-state index contributed by atoms with van der Waals surface area (Å²) in [4.78, 5) is 0. The van der Waals surface area contributed by atoms with Crippen LogP contribution in [-0.2, 0) is 0 Å². The van der Waals surface area contributed by atoms with Gasteiger partial charge in [-0.2, -0.15) is 0 Å². The van der Waals surface area contributed by atoms with E-state index in [4.69, 9.17) is 4.74 Å². The molecule has 0 saturated heterocycles. The van der Waals surface area contributed by atoms with Crippen molar-refractivity contribution >= 4 is 16.8 Å². The maximum absolute atomic E-state index is 5.94. The average Bonchev–Trinajstić information content (AvgIpc) is 2.39. The largest absolute Gasteiger partial charge is 0.483 e. The Balaban J connectivity index is 0.000000574. The second-order valence-electron chi connectivity index (χ2n) is 4.74. The number of rotatable bonds is 0. The molecule has 0 fully saturated rings. The topological polar surface area (TPSA) is 9.23 Å². The Morgan fingerprint density at radius 2 is 1.67 bits per heavy atom. The van der Waals surface area contributed by atoms with E-state index < -0.39 is 0 Å². The van der Waals surface area contributed by atoms with E-state index in [9.17, 15) is 0 Å². The van der Waals surface area contributed by atoms with Crippen LogP contribution in [0.25, 0.3) is 16.8 Å². The molecule has 0 saturated carbocycles. The minimum Gasteiger partial charge on any atom is -0.483 e. The summed E-state index contributed by atoms with van der Waals surface area (Å²) in [5.41, 5.74) is 0.993. The second kappa shape index (κ2) is 4.85. The Kier molecular flexibility index (Phi) is 3.42. The van der Waals surface area contributed by atoms with Crippen LogP contribution in [0.3, 0.4) is 0 Å². The van der Waals surface area contributed by atoms with E-state index in [-0.39, 0.29) is 5.60 Å². The van der Waals surface area contributed by atoms with Gasteiger partial charge >= 0.3 is 0 Å². The van der Waals surface area contributed by atoms with Gasteiger partial charge in [0.2, 0.25) is 0 Å². The fourth-order valence-electron chi connectivity index (χ4n) is 2.14. The van der Waals surface area contributed by atoms with Crippen molar-refractivity contribution in [3.8, 4) is 5.75 Å². The Bertz CT molecular complexity index is 579. The molecule has 2 aromatic carbocycles. The van der Waals surface area contributed by atoms with Crippen LogP contribution in [-0.4, -0.2) is 5.60 Å². The molecule has 0 aliphatic carbocycles. The molecule has 1 heterocycles. The van der Waals surface area contributed by atoms with E-state index in [2.05, 4.69) is 62.4 Å². The summed E-state index contributed by atoms with van der Waals surface area (Å²) in [5.74, 6) is 0.978. The number of fused-ring (bicyclic) bond motifs is 3. The first-order chi connectivity index (χ1) is 8.66. The molecule has 0 aromatic heterocycles. The van der Waals surface area contributed by atoms with Crippen LogP contribution in [0, 0.1) is 0 Å². The molecule has 1 heteroatoms. The van der Waals surface area contributed by atoms with Crippen LogP contribution in [0.1, 0.15) is 33.3 Å². The van der Waals surface area contributed by atoms with Gasteiger partial charge in [-0.05, 0) is 36.8 Å². The molecule has 0 atom stereocenters. The van der Waals surface area contributed by atoms with Gasteiger partial charge in [-0.3, -0.25) is 0 Å². The molecule has 2 aromatic rings. The van der Waals surface area contributed by atoms with E-state index in [1.165, 1.54) is 16.3 Å². The lowest BCUT2D eigenvalue weighted by Gasteiger charge is -2.28. The van der Waals surface area contributed by atoms with Gasteiger partial charge in [0.25, 0.3) is 0 Å². The first kappa shape index (κ1) is 12.7. The highest BCUT2D eigenvalue weighted by Gasteiger charge is 2.22. The minimum atomic E-state index is -0.199. The number of hydrogen-bond acceptors (Lipinski definition) is 1. The molecule has 18 heavy (non-hydrogen) atoms. The van der Waals surface area contributed by atoms with Gasteiger partial charge in [-0.25, -0.2) is 0 Å². The van der Waals surface area contributed by atoms with E-state index in [1.807, 2.05) is 13.8 Å². The predicted octanol–water partition coefficient (Wildman–Crippen LogP) is 5.05. The van der Waals surface area contributed by atoms with Crippen molar-refractivity contribution in [1.29, 1.82) is 0 Å². The summed E-state index contributed by atoms with van der Waals surface area (Å²) in [5, 5.41) is 2.51. The molecule has 1 aliphatic heterocycles. The van der Waals surface area contributed by atoms with Crippen molar-refractivity contribution in [3.05, 3.63) is 48.0 Å². The van der Waals surface area contributed by atoms with Crippen molar-refractivity contribution in [1.82, 2.24) is 0 Å². The lowest BCUT2D eigenvalue weighted by atomic mass is 9.97. The van der Waals surface area contributed by atoms with Crippen molar-refractivity contribution in [2.75, 3.05) is 0 Å². The zero-order valence-electron chi connectivity index (χ0n) is 11.5. The van der Waals surface area contributed by atoms with Gasteiger partial charge < -0.3 is 4.74 Å². The van der Waals surface area contributed by atoms with E-state index in [0.717, 1.165) is 5.75 Å². The number of benzene rings is 2. The Morgan fingerprint density at radius 1 is 0.944 bits per heavy atom. The summed E-state index contributed by atoms with van der Waals surface area (Å²) in [6.07, 6.45) is 4.28. The lowest BCUT2D eigenvalue weighted by molar-refractivity contribution is 0.159. The smallest absolute Gasteiger partial charge is 0.128 e. The van der Waals surface area contributed by atoms with Gasteiger partial charge in [0.1, 0.15) is 11.4 Å². The van der Waals surface area contributed by atoms with Crippen molar-refractivity contribution in [2.45, 2.75) is 33.3 Å². The van der Waals surface area contributed by atoms with Gasteiger partial charge in [0, 0.05) is 5.56 Å².